The van der Waals surface area contributed by atoms with Gasteiger partial charge in [-0.25, -0.2) is 9.97 Å². The Hall–Kier alpha value is -1.36. The molecule has 1 aromatic rings. The van der Waals surface area contributed by atoms with Crippen molar-refractivity contribution in [2.75, 3.05) is 30.3 Å². The predicted molar refractivity (Wildman–Crippen MR) is 87.1 cm³/mol. The van der Waals surface area contributed by atoms with Crippen LogP contribution in [0.4, 0.5) is 11.6 Å². The molecule has 0 amide bonds. The summed E-state index contributed by atoms with van der Waals surface area (Å²) in [6, 6.07) is 0. The van der Waals surface area contributed by atoms with Gasteiger partial charge in [0.15, 0.2) is 0 Å². The summed E-state index contributed by atoms with van der Waals surface area (Å²) in [4.78, 5) is 9.30. The average molecular weight is 292 g/mol. The van der Waals surface area contributed by atoms with Crippen LogP contribution in [0.1, 0.15) is 57.3 Å². The first-order valence-electron chi connectivity index (χ1n) is 8.09. The minimum Gasteiger partial charge on any atom is -0.376 e. The van der Waals surface area contributed by atoms with Crippen molar-refractivity contribution in [3.8, 4) is 0 Å². The summed E-state index contributed by atoms with van der Waals surface area (Å²) in [7, 11) is 0. The topological polar surface area (TPSA) is 59.1 Å². The molecule has 2 N–H and O–H groups in total. The lowest BCUT2D eigenvalue weighted by molar-refractivity contribution is 0.0247. The first kappa shape index (κ1) is 16.0. The van der Waals surface area contributed by atoms with E-state index in [9.17, 15) is 0 Å². The summed E-state index contributed by atoms with van der Waals surface area (Å²) >= 11 is 0. The molecule has 1 aliphatic rings. The Balaban J connectivity index is 2.12. The van der Waals surface area contributed by atoms with Crippen molar-refractivity contribution in [2.45, 2.75) is 59.0 Å². The van der Waals surface area contributed by atoms with Crippen molar-refractivity contribution >= 4 is 11.6 Å². The minimum atomic E-state index is 0.304. The quantitative estimate of drug-likeness (QED) is 0.842. The maximum absolute atomic E-state index is 5.77. The summed E-state index contributed by atoms with van der Waals surface area (Å²) < 4.78 is 5.77. The highest BCUT2D eigenvalue weighted by Gasteiger charge is 2.16. The molecule has 0 aromatic carbocycles. The van der Waals surface area contributed by atoms with Crippen LogP contribution in [-0.4, -0.2) is 35.8 Å². The van der Waals surface area contributed by atoms with Crippen LogP contribution in [0.25, 0.3) is 0 Å². The van der Waals surface area contributed by atoms with Gasteiger partial charge < -0.3 is 15.4 Å². The van der Waals surface area contributed by atoms with Gasteiger partial charge in [0.25, 0.3) is 0 Å². The predicted octanol–water partition coefficient (Wildman–Crippen LogP) is 3.32. The molecule has 0 bridgehead atoms. The van der Waals surface area contributed by atoms with Gasteiger partial charge in [0.2, 0.25) is 0 Å². The molecule has 2 heterocycles. The van der Waals surface area contributed by atoms with Gasteiger partial charge in [0, 0.05) is 31.2 Å². The van der Waals surface area contributed by atoms with E-state index >= 15 is 0 Å². The van der Waals surface area contributed by atoms with E-state index in [1.54, 1.807) is 0 Å². The van der Waals surface area contributed by atoms with E-state index in [1.807, 2.05) is 0 Å². The molecule has 5 nitrogen and oxygen atoms in total. The van der Waals surface area contributed by atoms with Crippen LogP contribution < -0.4 is 10.6 Å². The van der Waals surface area contributed by atoms with Gasteiger partial charge in [-0.2, -0.15) is 0 Å². The Kier molecular flexibility index (Phi) is 5.79. The Morgan fingerprint density at radius 1 is 1.19 bits per heavy atom. The molecule has 1 unspecified atom stereocenters. The summed E-state index contributed by atoms with van der Waals surface area (Å²) in [6.45, 7) is 10.9. The molecule has 1 aliphatic heterocycles. The molecular weight excluding hydrogens is 264 g/mol. The fraction of sp³-hybridized carbons (Fsp3) is 0.750. The summed E-state index contributed by atoms with van der Waals surface area (Å²) in [5.74, 6) is 3.06. The summed E-state index contributed by atoms with van der Waals surface area (Å²) in [6.07, 6.45) is 3.88. The van der Waals surface area contributed by atoms with E-state index in [0.717, 1.165) is 49.1 Å². The van der Waals surface area contributed by atoms with Gasteiger partial charge in [-0.15, -0.1) is 0 Å². The Morgan fingerprint density at radius 2 is 1.90 bits per heavy atom. The smallest absolute Gasteiger partial charge is 0.135 e. The van der Waals surface area contributed by atoms with Gasteiger partial charge in [-0.3, -0.25) is 0 Å². The molecule has 1 aromatic heterocycles. The van der Waals surface area contributed by atoms with Crippen molar-refractivity contribution < 1.29 is 4.74 Å². The largest absolute Gasteiger partial charge is 0.376 e. The highest BCUT2D eigenvalue weighted by molar-refractivity contribution is 5.57. The Morgan fingerprint density at radius 3 is 2.48 bits per heavy atom. The lowest BCUT2D eigenvalue weighted by atomic mass is 10.1. The highest BCUT2D eigenvalue weighted by Crippen LogP contribution is 2.23. The van der Waals surface area contributed by atoms with Crippen molar-refractivity contribution in [1.82, 2.24) is 9.97 Å². The molecule has 1 saturated heterocycles. The molecule has 0 aliphatic carbocycles. The van der Waals surface area contributed by atoms with Gasteiger partial charge in [0.1, 0.15) is 17.5 Å². The maximum Gasteiger partial charge on any atom is 0.135 e. The zero-order valence-corrected chi connectivity index (χ0v) is 13.7. The first-order chi connectivity index (χ1) is 10.1. The molecule has 2 rings (SSSR count). The zero-order valence-electron chi connectivity index (χ0n) is 13.7. The Labute approximate surface area is 127 Å². The van der Waals surface area contributed by atoms with E-state index < -0.39 is 0 Å². The van der Waals surface area contributed by atoms with Gasteiger partial charge in [0.05, 0.1) is 6.10 Å². The van der Waals surface area contributed by atoms with Gasteiger partial charge >= 0.3 is 0 Å². The molecule has 5 heteroatoms. The molecule has 1 fully saturated rings. The highest BCUT2D eigenvalue weighted by atomic mass is 16.5. The van der Waals surface area contributed by atoms with Crippen LogP contribution in [0, 0.1) is 6.92 Å². The maximum atomic E-state index is 5.77. The zero-order chi connectivity index (χ0) is 15.2. The monoisotopic (exact) mass is 292 g/mol. The Bertz CT molecular complexity index is 456. The van der Waals surface area contributed by atoms with Gasteiger partial charge in [-0.1, -0.05) is 13.8 Å². The normalized spacial score (nSPS) is 18.8. The van der Waals surface area contributed by atoms with Crippen molar-refractivity contribution in [1.29, 1.82) is 0 Å². The number of nitrogens with zero attached hydrogens (tertiary/aromatic N) is 2. The molecule has 21 heavy (non-hydrogen) atoms. The number of rotatable bonds is 6. The van der Waals surface area contributed by atoms with E-state index in [0.29, 0.717) is 12.0 Å². The van der Waals surface area contributed by atoms with Crippen LogP contribution in [-0.2, 0) is 4.74 Å². The molecule has 0 radical (unpaired) electrons. The SMILES string of the molecule is CCNc1nc(C(C)C)nc(NCC2CCCCO2)c1C. The fourth-order valence-corrected chi connectivity index (χ4v) is 2.48. The second-order valence-electron chi connectivity index (χ2n) is 5.96. The lowest BCUT2D eigenvalue weighted by Crippen LogP contribution is -2.27. The second kappa shape index (κ2) is 7.59. The van der Waals surface area contributed by atoms with Crippen molar-refractivity contribution in [3.63, 3.8) is 0 Å². The number of ether oxygens (including phenoxy) is 1. The fourth-order valence-electron chi connectivity index (χ4n) is 2.48. The van der Waals surface area contributed by atoms with E-state index in [4.69, 9.17) is 4.74 Å². The van der Waals surface area contributed by atoms with Crippen LogP contribution in [0.3, 0.4) is 0 Å². The molecular formula is C16H28N4O. The van der Waals surface area contributed by atoms with Crippen LogP contribution >= 0.6 is 0 Å². The summed E-state index contributed by atoms with van der Waals surface area (Å²) in [5.41, 5.74) is 1.08. The molecule has 1 atom stereocenters. The number of nitrogens with one attached hydrogen (secondary N) is 2. The van der Waals surface area contributed by atoms with Crippen LogP contribution in [0.2, 0.25) is 0 Å². The number of anilines is 2. The van der Waals surface area contributed by atoms with Crippen molar-refractivity contribution in [2.24, 2.45) is 0 Å². The lowest BCUT2D eigenvalue weighted by Gasteiger charge is -2.24. The number of hydrogen-bond donors (Lipinski definition) is 2. The van der Waals surface area contributed by atoms with Crippen LogP contribution in [0.15, 0.2) is 0 Å². The third kappa shape index (κ3) is 4.30. The second-order valence-corrected chi connectivity index (χ2v) is 5.96. The third-order valence-corrected chi connectivity index (χ3v) is 3.79. The van der Waals surface area contributed by atoms with Crippen molar-refractivity contribution in [3.05, 3.63) is 11.4 Å². The van der Waals surface area contributed by atoms with Crippen LogP contribution in [0.5, 0.6) is 0 Å². The molecule has 0 spiro atoms. The van der Waals surface area contributed by atoms with Gasteiger partial charge in [-0.05, 0) is 33.1 Å². The third-order valence-electron chi connectivity index (χ3n) is 3.79. The van der Waals surface area contributed by atoms with E-state index in [-0.39, 0.29) is 0 Å². The minimum absolute atomic E-state index is 0.304. The number of aromatic nitrogens is 2. The van der Waals surface area contributed by atoms with E-state index in [1.165, 1.54) is 12.8 Å². The molecule has 0 saturated carbocycles. The number of hydrogen-bond acceptors (Lipinski definition) is 5. The summed E-state index contributed by atoms with van der Waals surface area (Å²) in [5, 5.41) is 6.79. The first-order valence-corrected chi connectivity index (χ1v) is 8.09. The molecule has 118 valence electrons. The average Bonchev–Trinajstić information content (AvgIpc) is 2.49. The standard InChI is InChI=1S/C16H28N4O/c1-5-17-15-12(4)16(20-14(19-15)11(2)3)18-10-13-8-6-7-9-21-13/h11,13H,5-10H2,1-4H3,(H2,17,18,19,20). The van der Waals surface area contributed by atoms with E-state index in [2.05, 4.69) is 48.3 Å².